The van der Waals surface area contributed by atoms with E-state index in [4.69, 9.17) is 5.73 Å². The summed E-state index contributed by atoms with van der Waals surface area (Å²) in [6.07, 6.45) is 4.47. The molecule has 1 aromatic heterocycles. The normalized spacial score (nSPS) is 23.8. The lowest BCUT2D eigenvalue weighted by Gasteiger charge is -2.08. The van der Waals surface area contributed by atoms with Gasteiger partial charge in [-0.2, -0.15) is 0 Å². The van der Waals surface area contributed by atoms with Gasteiger partial charge in [-0.15, -0.1) is 11.3 Å². The molecule has 0 bridgehead atoms. The smallest absolute Gasteiger partial charge is 0.0931 e. The zero-order valence-electron chi connectivity index (χ0n) is 10.1. The summed E-state index contributed by atoms with van der Waals surface area (Å²) in [6.45, 7) is 5.35. The summed E-state index contributed by atoms with van der Waals surface area (Å²) in [7, 11) is 2.20. The third kappa shape index (κ3) is 2.81. The molecule has 2 heterocycles. The van der Waals surface area contributed by atoms with Crippen LogP contribution < -0.4 is 5.73 Å². The summed E-state index contributed by atoms with van der Waals surface area (Å²) in [5, 5.41) is 1.29. The van der Waals surface area contributed by atoms with E-state index in [0.29, 0.717) is 12.5 Å². The Hall–Kier alpha value is -0.450. The summed E-state index contributed by atoms with van der Waals surface area (Å²) < 4.78 is 0. The number of aromatic nitrogens is 1. The molecule has 16 heavy (non-hydrogen) atoms. The van der Waals surface area contributed by atoms with Crippen molar-refractivity contribution in [1.29, 1.82) is 0 Å². The molecule has 0 saturated carbocycles. The Labute approximate surface area is 102 Å². The molecule has 1 fully saturated rings. The van der Waals surface area contributed by atoms with E-state index in [1.165, 1.54) is 29.4 Å². The molecule has 0 aromatic carbocycles. The lowest BCUT2D eigenvalue weighted by atomic mass is 10.1. The Morgan fingerprint density at radius 1 is 1.69 bits per heavy atom. The Bertz CT molecular complexity index is 337. The molecule has 0 radical (unpaired) electrons. The third-order valence-electron chi connectivity index (χ3n) is 3.36. The summed E-state index contributed by atoms with van der Waals surface area (Å²) >= 11 is 1.84. The van der Waals surface area contributed by atoms with Crippen molar-refractivity contribution >= 4 is 11.3 Å². The first-order chi connectivity index (χ1) is 7.69. The maximum atomic E-state index is 5.67. The van der Waals surface area contributed by atoms with Crippen LogP contribution >= 0.6 is 11.3 Å². The molecule has 3 nitrogen and oxygen atoms in total. The van der Waals surface area contributed by atoms with Crippen molar-refractivity contribution in [3.63, 3.8) is 0 Å². The molecular formula is C12H21N3S. The van der Waals surface area contributed by atoms with Crippen LogP contribution in [0.4, 0.5) is 0 Å². The molecule has 1 aromatic rings. The molecular weight excluding hydrogens is 218 g/mol. The van der Waals surface area contributed by atoms with E-state index in [1.807, 2.05) is 17.5 Å². The third-order valence-corrected chi connectivity index (χ3v) is 4.61. The van der Waals surface area contributed by atoms with E-state index < -0.39 is 0 Å². The molecule has 0 aliphatic carbocycles. The van der Waals surface area contributed by atoms with Crippen molar-refractivity contribution in [3.8, 4) is 0 Å². The van der Waals surface area contributed by atoms with Crippen molar-refractivity contribution in [1.82, 2.24) is 9.88 Å². The second-order valence-electron chi connectivity index (χ2n) is 4.91. The highest BCUT2D eigenvalue weighted by atomic mass is 32.1. The van der Waals surface area contributed by atoms with Crippen LogP contribution in [0.1, 0.15) is 29.1 Å². The Morgan fingerprint density at radius 2 is 2.50 bits per heavy atom. The van der Waals surface area contributed by atoms with Gasteiger partial charge in [-0.1, -0.05) is 6.92 Å². The summed E-state index contributed by atoms with van der Waals surface area (Å²) in [5.41, 5.74) is 5.67. The van der Waals surface area contributed by atoms with Gasteiger partial charge in [0.15, 0.2) is 0 Å². The lowest BCUT2D eigenvalue weighted by molar-refractivity contribution is 0.394. The molecule has 1 aliphatic rings. The van der Waals surface area contributed by atoms with Crippen molar-refractivity contribution in [2.75, 3.05) is 26.7 Å². The van der Waals surface area contributed by atoms with Gasteiger partial charge in [0, 0.05) is 30.0 Å². The van der Waals surface area contributed by atoms with Crippen LogP contribution in [0.15, 0.2) is 6.20 Å². The molecule has 0 amide bonds. The van der Waals surface area contributed by atoms with Gasteiger partial charge in [0.1, 0.15) is 0 Å². The topological polar surface area (TPSA) is 42.1 Å². The zero-order valence-corrected chi connectivity index (χ0v) is 11.0. The Balaban J connectivity index is 1.92. The van der Waals surface area contributed by atoms with Crippen LogP contribution in [0.5, 0.6) is 0 Å². The fourth-order valence-electron chi connectivity index (χ4n) is 2.20. The molecule has 2 unspecified atom stereocenters. The highest BCUT2D eigenvalue weighted by molar-refractivity contribution is 7.11. The van der Waals surface area contributed by atoms with Gasteiger partial charge < -0.3 is 10.6 Å². The van der Waals surface area contributed by atoms with E-state index in [9.17, 15) is 0 Å². The van der Waals surface area contributed by atoms with Gasteiger partial charge in [-0.3, -0.25) is 0 Å². The van der Waals surface area contributed by atoms with Gasteiger partial charge in [-0.25, -0.2) is 4.98 Å². The molecule has 2 atom stereocenters. The number of nitrogens with zero attached hydrogens (tertiary/aromatic N) is 2. The van der Waals surface area contributed by atoms with E-state index in [2.05, 4.69) is 23.9 Å². The largest absolute Gasteiger partial charge is 0.330 e. The number of nitrogens with two attached hydrogens (primary N) is 1. The number of likely N-dealkylation sites (tertiary alicyclic amines) is 1. The minimum absolute atomic E-state index is 0.456. The zero-order chi connectivity index (χ0) is 11.5. The highest BCUT2D eigenvalue weighted by Gasteiger charge is 2.21. The van der Waals surface area contributed by atoms with Gasteiger partial charge >= 0.3 is 0 Å². The second-order valence-corrected chi connectivity index (χ2v) is 6.06. The van der Waals surface area contributed by atoms with Crippen molar-refractivity contribution in [3.05, 3.63) is 16.1 Å². The molecule has 1 saturated heterocycles. The van der Waals surface area contributed by atoms with Crippen LogP contribution in [-0.2, 0) is 6.42 Å². The summed E-state index contributed by atoms with van der Waals surface area (Å²) in [6, 6.07) is 0. The second kappa shape index (κ2) is 5.25. The first kappa shape index (κ1) is 12.0. The predicted octanol–water partition coefficient (Wildman–Crippen LogP) is 1.70. The van der Waals surface area contributed by atoms with E-state index in [1.54, 1.807) is 0 Å². The predicted molar refractivity (Wildman–Crippen MR) is 68.9 cm³/mol. The van der Waals surface area contributed by atoms with Crippen LogP contribution in [0.25, 0.3) is 0 Å². The SMILES string of the molecule is CC(CN)c1cnc(CC2CCN(C)C2)s1. The van der Waals surface area contributed by atoms with Crippen LogP contribution in [-0.4, -0.2) is 36.6 Å². The van der Waals surface area contributed by atoms with Crippen molar-refractivity contribution in [2.24, 2.45) is 11.7 Å². The maximum Gasteiger partial charge on any atom is 0.0931 e. The fourth-order valence-corrected chi connectivity index (χ4v) is 3.30. The molecule has 2 rings (SSSR count). The van der Waals surface area contributed by atoms with E-state index >= 15 is 0 Å². The lowest BCUT2D eigenvalue weighted by Crippen LogP contribution is -2.14. The molecule has 4 heteroatoms. The monoisotopic (exact) mass is 239 g/mol. The summed E-state index contributed by atoms with van der Waals surface area (Å²) in [5.74, 6) is 1.26. The number of thiazole rings is 1. The molecule has 90 valence electrons. The standard InChI is InChI=1S/C12H21N3S/c1-9(6-13)11-7-14-12(16-11)5-10-3-4-15(2)8-10/h7,9-10H,3-6,8,13H2,1-2H3. The van der Waals surface area contributed by atoms with Gasteiger partial charge in [0.25, 0.3) is 0 Å². The van der Waals surface area contributed by atoms with Crippen molar-refractivity contribution < 1.29 is 0 Å². The number of hydrogen-bond acceptors (Lipinski definition) is 4. The van der Waals surface area contributed by atoms with Crippen LogP contribution in [0, 0.1) is 5.92 Å². The van der Waals surface area contributed by atoms with Gasteiger partial charge in [0.05, 0.1) is 5.01 Å². The Kier molecular flexibility index (Phi) is 3.95. The van der Waals surface area contributed by atoms with E-state index in [-0.39, 0.29) is 0 Å². The van der Waals surface area contributed by atoms with Crippen molar-refractivity contribution in [2.45, 2.75) is 25.7 Å². The molecule has 0 spiro atoms. The van der Waals surface area contributed by atoms with E-state index in [0.717, 1.165) is 12.3 Å². The fraction of sp³-hybridized carbons (Fsp3) is 0.750. The average Bonchev–Trinajstić information content (AvgIpc) is 2.87. The van der Waals surface area contributed by atoms with Crippen LogP contribution in [0.3, 0.4) is 0 Å². The molecule has 1 aliphatic heterocycles. The number of hydrogen-bond donors (Lipinski definition) is 1. The van der Waals surface area contributed by atoms with Crippen LogP contribution in [0.2, 0.25) is 0 Å². The Morgan fingerprint density at radius 3 is 3.12 bits per heavy atom. The quantitative estimate of drug-likeness (QED) is 0.869. The first-order valence-electron chi connectivity index (χ1n) is 6.02. The summed E-state index contributed by atoms with van der Waals surface area (Å²) in [4.78, 5) is 8.26. The van der Waals surface area contributed by atoms with Gasteiger partial charge in [0.2, 0.25) is 0 Å². The minimum atomic E-state index is 0.456. The average molecular weight is 239 g/mol. The maximum absolute atomic E-state index is 5.67. The highest BCUT2D eigenvalue weighted by Crippen LogP contribution is 2.26. The van der Waals surface area contributed by atoms with Gasteiger partial charge in [-0.05, 0) is 32.5 Å². The number of rotatable bonds is 4. The first-order valence-corrected chi connectivity index (χ1v) is 6.84. The molecule has 2 N–H and O–H groups in total. The minimum Gasteiger partial charge on any atom is -0.330 e.